The fraction of sp³-hybridized carbons (Fsp3) is 0.231. The Morgan fingerprint density at radius 3 is 2.76 bits per heavy atom. The Morgan fingerprint density at radius 1 is 1.18 bits per heavy atom. The van der Waals surface area contributed by atoms with Gasteiger partial charge in [0.1, 0.15) is 5.52 Å². The zero-order valence-electron chi connectivity index (χ0n) is 9.79. The van der Waals surface area contributed by atoms with Crippen LogP contribution in [0.1, 0.15) is 22.7 Å². The fourth-order valence-electron chi connectivity index (χ4n) is 1.97. The van der Waals surface area contributed by atoms with E-state index in [0.717, 1.165) is 11.0 Å². The lowest BCUT2D eigenvalue weighted by Gasteiger charge is -2.10. The van der Waals surface area contributed by atoms with Crippen LogP contribution in [-0.4, -0.2) is 15.0 Å². The van der Waals surface area contributed by atoms with Crippen LogP contribution < -0.4 is 0 Å². The molecule has 86 valence electrons. The fourth-order valence-corrected chi connectivity index (χ4v) is 2.89. The lowest BCUT2D eigenvalue weighted by Crippen LogP contribution is -2.06. The van der Waals surface area contributed by atoms with Crippen LogP contribution in [0.4, 0.5) is 0 Å². The zero-order chi connectivity index (χ0) is 11.8. The molecule has 4 heteroatoms. The Balaban J connectivity index is 2.09. The maximum Gasteiger partial charge on any atom is 0.113 e. The van der Waals surface area contributed by atoms with Gasteiger partial charge in [-0.2, -0.15) is 0 Å². The Kier molecular flexibility index (Phi) is 2.44. The van der Waals surface area contributed by atoms with Gasteiger partial charge < -0.3 is 0 Å². The molecule has 0 radical (unpaired) electrons. The van der Waals surface area contributed by atoms with Crippen LogP contribution in [0.25, 0.3) is 11.0 Å². The average Bonchev–Trinajstić information content (AvgIpc) is 2.94. The molecule has 0 N–H and O–H groups in total. The van der Waals surface area contributed by atoms with Crippen LogP contribution in [0.2, 0.25) is 0 Å². The molecule has 0 saturated carbocycles. The van der Waals surface area contributed by atoms with Crippen LogP contribution in [-0.2, 0) is 0 Å². The summed E-state index contributed by atoms with van der Waals surface area (Å²) >= 11 is 1.81. The molecule has 2 aromatic heterocycles. The molecule has 1 unspecified atom stereocenters. The van der Waals surface area contributed by atoms with E-state index >= 15 is 0 Å². The molecule has 17 heavy (non-hydrogen) atoms. The molecule has 0 fully saturated rings. The summed E-state index contributed by atoms with van der Waals surface area (Å²) in [6, 6.07) is 12.6. The molecule has 3 rings (SSSR count). The van der Waals surface area contributed by atoms with E-state index in [1.54, 1.807) is 0 Å². The van der Waals surface area contributed by atoms with Crippen LogP contribution in [0.5, 0.6) is 0 Å². The van der Waals surface area contributed by atoms with Crippen LogP contribution in [0.3, 0.4) is 0 Å². The Labute approximate surface area is 104 Å². The second kappa shape index (κ2) is 3.96. The summed E-state index contributed by atoms with van der Waals surface area (Å²) in [4.78, 5) is 2.65. The first-order valence-corrected chi connectivity index (χ1v) is 6.43. The summed E-state index contributed by atoms with van der Waals surface area (Å²) < 4.78 is 1.99. The van der Waals surface area contributed by atoms with Crippen molar-refractivity contribution in [3.05, 3.63) is 46.2 Å². The van der Waals surface area contributed by atoms with Crippen LogP contribution >= 0.6 is 11.3 Å². The molecule has 2 heterocycles. The number of nitrogens with zero attached hydrogens (tertiary/aromatic N) is 3. The highest BCUT2D eigenvalue weighted by Gasteiger charge is 2.14. The van der Waals surface area contributed by atoms with Gasteiger partial charge in [-0.05, 0) is 38.1 Å². The Bertz CT molecular complexity index is 653. The summed E-state index contributed by atoms with van der Waals surface area (Å²) in [6.07, 6.45) is 0. The molecule has 0 aliphatic carbocycles. The molecule has 0 amide bonds. The molecular weight excluding hydrogens is 230 g/mol. The Morgan fingerprint density at radius 2 is 2.00 bits per heavy atom. The van der Waals surface area contributed by atoms with Gasteiger partial charge in [0.2, 0.25) is 0 Å². The molecule has 1 aromatic carbocycles. The van der Waals surface area contributed by atoms with E-state index in [4.69, 9.17) is 0 Å². The predicted octanol–water partition coefficient (Wildman–Crippen LogP) is 3.41. The van der Waals surface area contributed by atoms with Crippen molar-refractivity contribution < 1.29 is 0 Å². The maximum atomic E-state index is 4.25. The van der Waals surface area contributed by atoms with Gasteiger partial charge in [-0.1, -0.05) is 17.3 Å². The first-order valence-electron chi connectivity index (χ1n) is 5.62. The molecular formula is C13H13N3S. The molecule has 0 bridgehead atoms. The van der Waals surface area contributed by atoms with Gasteiger partial charge >= 0.3 is 0 Å². The number of aromatic nitrogens is 3. The van der Waals surface area contributed by atoms with Crippen LogP contribution in [0, 0.1) is 6.92 Å². The molecule has 3 nitrogen and oxygen atoms in total. The second-order valence-corrected chi connectivity index (χ2v) is 5.47. The summed E-state index contributed by atoms with van der Waals surface area (Å²) in [7, 11) is 0. The minimum atomic E-state index is 0.237. The van der Waals surface area contributed by atoms with Crippen molar-refractivity contribution >= 4 is 22.4 Å². The number of aryl methyl sites for hydroxylation is 1. The van der Waals surface area contributed by atoms with E-state index in [0.29, 0.717) is 0 Å². The molecule has 1 atom stereocenters. The molecule has 3 aromatic rings. The van der Waals surface area contributed by atoms with E-state index in [-0.39, 0.29) is 6.04 Å². The third-order valence-corrected chi connectivity index (χ3v) is 4.09. The second-order valence-electron chi connectivity index (χ2n) is 4.15. The molecule has 0 spiro atoms. The number of thiophene rings is 1. The molecule has 0 aliphatic heterocycles. The number of para-hydroxylation sites is 1. The van der Waals surface area contributed by atoms with Crippen molar-refractivity contribution in [3.8, 4) is 0 Å². The standard InChI is InChI=1S/C13H13N3S/c1-9-7-8-13(17-9)10(2)16-12-6-4-3-5-11(12)14-15-16/h3-8,10H,1-2H3. The molecule has 0 saturated heterocycles. The van der Waals surface area contributed by atoms with Gasteiger partial charge in [0, 0.05) is 9.75 Å². The first kappa shape index (κ1) is 10.5. The quantitative estimate of drug-likeness (QED) is 0.690. The van der Waals surface area contributed by atoms with Gasteiger partial charge in [-0.25, -0.2) is 4.68 Å². The maximum absolute atomic E-state index is 4.25. The average molecular weight is 243 g/mol. The van der Waals surface area contributed by atoms with E-state index in [1.807, 2.05) is 34.2 Å². The lowest BCUT2D eigenvalue weighted by molar-refractivity contribution is 0.568. The SMILES string of the molecule is Cc1ccc(C(C)n2nnc3ccccc32)s1. The first-order chi connectivity index (χ1) is 8.25. The zero-order valence-corrected chi connectivity index (χ0v) is 10.6. The van der Waals surface area contributed by atoms with Crippen molar-refractivity contribution in [2.45, 2.75) is 19.9 Å². The highest BCUT2D eigenvalue weighted by atomic mass is 32.1. The highest BCUT2D eigenvalue weighted by Crippen LogP contribution is 2.27. The van der Waals surface area contributed by atoms with Crippen molar-refractivity contribution in [2.75, 3.05) is 0 Å². The third-order valence-electron chi connectivity index (χ3n) is 2.92. The molecule has 0 aliphatic rings. The van der Waals surface area contributed by atoms with Gasteiger partial charge in [0.25, 0.3) is 0 Å². The number of hydrogen-bond donors (Lipinski definition) is 0. The third kappa shape index (κ3) is 1.74. The Hall–Kier alpha value is -1.68. The summed E-state index contributed by atoms with van der Waals surface area (Å²) in [5, 5.41) is 8.44. The predicted molar refractivity (Wildman–Crippen MR) is 70.4 cm³/mol. The number of benzene rings is 1. The topological polar surface area (TPSA) is 30.7 Å². The summed E-state index contributed by atoms with van der Waals surface area (Å²) in [5.41, 5.74) is 2.04. The van der Waals surface area contributed by atoms with Gasteiger partial charge in [-0.15, -0.1) is 16.4 Å². The van der Waals surface area contributed by atoms with Gasteiger partial charge in [0.15, 0.2) is 0 Å². The summed E-state index contributed by atoms with van der Waals surface area (Å²) in [6.45, 7) is 4.28. The lowest BCUT2D eigenvalue weighted by atomic mass is 10.2. The number of hydrogen-bond acceptors (Lipinski definition) is 3. The number of fused-ring (bicyclic) bond motifs is 1. The van der Waals surface area contributed by atoms with Gasteiger partial charge in [-0.3, -0.25) is 0 Å². The van der Waals surface area contributed by atoms with Crippen molar-refractivity contribution in [3.63, 3.8) is 0 Å². The highest BCUT2D eigenvalue weighted by molar-refractivity contribution is 7.12. The van der Waals surface area contributed by atoms with E-state index < -0.39 is 0 Å². The normalized spacial score (nSPS) is 13.1. The van der Waals surface area contributed by atoms with E-state index in [2.05, 4.69) is 42.4 Å². The minimum Gasteiger partial charge on any atom is -0.237 e. The van der Waals surface area contributed by atoms with Crippen molar-refractivity contribution in [1.29, 1.82) is 0 Å². The van der Waals surface area contributed by atoms with E-state index in [9.17, 15) is 0 Å². The largest absolute Gasteiger partial charge is 0.237 e. The monoisotopic (exact) mass is 243 g/mol. The summed E-state index contributed by atoms with van der Waals surface area (Å²) in [5.74, 6) is 0. The smallest absolute Gasteiger partial charge is 0.113 e. The van der Waals surface area contributed by atoms with Crippen molar-refractivity contribution in [1.82, 2.24) is 15.0 Å². The van der Waals surface area contributed by atoms with E-state index in [1.165, 1.54) is 9.75 Å². The van der Waals surface area contributed by atoms with Crippen molar-refractivity contribution in [2.24, 2.45) is 0 Å². The minimum absolute atomic E-state index is 0.237. The van der Waals surface area contributed by atoms with Gasteiger partial charge in [0.05, 0.1) is 11.6 Å². The number of rotatable bonds is 2. The van der Waals surface area contributed by atoms with Crippen LogP contribution in [0.15, 0.2) is 36.4 Å².